The van der Waals surface area contributed by atoms with Crippen molar-refractivity contribution in [1.82, 2.24) is 19.5 Å². The van der Waals surface area contributed by atoms with Gasteiger partial charge in [-0.3, -0.25) is 4.98 Å². The quantitative estimate of drug-likeness (QED) is 0.708. The third kappa shape index (κ3) is 3.08. The van der Waals surface area contributed by atoms with Crippen molar-refractivity contribution < 1.29 is 0 Å². The first-order valence-corrected chi connectivity index (χ1v) is 7.74. The Morgan fingerprint density at radius 1 is 1.14 bits per heavy atom. The van der Waals surface area contributed by atoms with Crippen LogP contribution in [0, 0.1) is 6.92 Å². The number of hydrogen-bond donors (Lipinski definition) is 1. The molecule has 0 radical (unpaired) electrons. The Kier molecular flexibility index (Phi) is 4.32. The Hall–Kier alpha value is -2.43. The predicted molar refractivity (Wildman–Crippen MR) is 89.0 cm³/mol. The topological polar surface area (TPSA) is 55.6 Å². The zero-order valence-corrected chi connectivity index (χ0v) is 13.1. The molecule has 0 aromatic carbocycles. The number of aryl methyl sites for hydroxylation is 1. The SMILES string of the molecule is CCCCNc1nc(C)nc2ccn(Cc3ccncc3)c12. The highest BCUT2D eigenvalue weighted by molar-refractivity contribution is 5.86. The molecule has 114 valence electrons. The minimum Gasteiger partial charge on any atom is -0.368 e. The zero-order valence-electron chi connectivity index (χ0n) is 13.1. The fraction of sp³-hybridized carbons (Fsp3) is 0.353. The van der Waals surface area contributed by atoms with E-state index in [1.165, 1.54) is 5.56 Å². The van der Waals surface area contributed by atoms with Gasteiger partial charge >= 0.3 is 0 Å². The van der Waals surface area contributed by atoms with E-state index in [4.69, 9.17) is 0 Å². The predicted octanol–water partition coefficient (Wildman–Crippen LogP) is 3.40. The molecule has 5 nitrogen and oxygen atoms in total. The van der Waals surface area contributed by atoms with Gasteiger partial charge in [0, 0.05) is 31.7 Å². The van der Waals surface area contributed by atoms with Crippen molar-refractivity contribution in [1.29, 1.82) is 0 Å². The van der Waals surface area contributed by atoms with E-state index in [9.17, 15) is 0 Å². The number of pyridine rings is 1. The van der Waals surface area contributed by atoms with Gasteiger partial charge in [0.05, 0.1) is 5.52 Å². The van der Waals surface area contributed by atoms with Crippen LogP contribution in [-0.4, -0.2) is 26.1 Å². The van der Waals surface area contributed by atoms with Crippen LogP contribution in [-0.2, 0) is 6.54 Å². The highest BCUT2D eigenvalue weighted by Gasteiger charge is 2.11. The summed E-state index contributed by atoms with van der Waals surface area (Å²) in [6.45, 7) is 5.85. The standard InChI is InChI=1S/C17H21N5/c1-3-4-8-19-17-16-15(20-13(2)21-17)7-11-22(16)12-14-5-9-18-10-6-14/h5-7,9-11H,3-4,8,12H2,1-2H3,(H,19,20,21). The van der Waals surface area contributed by atoms with Gasteiger partial charge in [0.25, 0.3) is 0 Å². The van der Waals surface area contributed by atoms with Crippen molar-refractivity contribution in [3.05, 3.63) is 48.2 Å². The average molecular weight is 295 g/mol. The minimum atomic E-state index is 0.793. The minimum absolute atomic E-state index is 0.793. The Labute approximate surface area is 130 Å². The number of rotatable bonds is 6. The monoisotopic (exact) mass is 295 g/mol. The summed E-state index contributed by atoms with van der Waals surface area (Å²) in [5.74, 6) is 1.73. The first-order valence-electron chi connectivity index (χ1n) is 7.74. The van der Waals surface area contributed by atoms with Gasteiger partial charge < -0.3 is 9.88 Å². The molecule has 22 heavy (non-hydrogen) atoms. The molecule has 0 unspecified atom stereocenters. The largest absolute Gasteiger partial charge is 0.368 e. The molecule has 0 atom stereocenters. The summed E-state index contributed by atoms with van der Waals surface area (Å²) in [6.07, 6.45) is 8.02. The molecule has 0 fully saturated rings. The molecule has 1 N–H and O–H groups in total. The van der Waals surface area contributed by atoms with Crippen LogP contribution in [0.2, 0.25) is 0 Å². The second kappa shape index (κ2) is 6.56. The van der Waals surface area contributed by atoms with Crippen LogP contribution in [0.3, 0.4) is 0 Å². The van der Waals surface area contributed by atoms with Gasteiger partial charge in [0.1, 0.15) is 11.3 Å². The maximum absolute atomic E-state index is 4.59. The number of hydrogen-bond acceptors (Lipinski definition) is 4. The van der Waals surface area contributed by atoms with Gasteiger partial charge in [-0.1, -0.05) is 13.3 Å². The van der Waals surface area contributed by atoms with Crippen LogP contribution in [0.4, 0.5) is 5.82 Å². The first kappa shape index (κ1) is 14.5. The Balaban J connectivity index is 1.96. The fourth-order valence-corrected chi connectivity index (χ4v) is 2.55. The lowest BCUT2D eigenvalue weighted by Gasteiger charge is -2.11. The molecule has 3 aromatic rings. The van der Waals surface area contributed by atoms with Crippen molar-refractivity contribution in [2.24, 2.45) is 0 Å². The van der Waals surface area contributed by atoms with Crippen LogP contribution < -0.4 is 5.32 Å². The summed E-state index contributed by atoms with van der Waals surface area (Å²) in [5, 5.41) is 3.46. The highest BCUT2D eigenvalue weighted by Crippen LogP contribution is 2.22. The third-order valence-corrected chi connectivity index (χ3v) is 3.65. The Morgan fingerprint density at radius 2 is 1.95 bits per heavy atom. The van der Waals surface area contributed by atoms with Crippen molar-refractivity contribution in [2.75, 3.05) is 11.9 Å². The second-order valence-corrected chi connectivity index (χ2v) is 5.43. The second-order valence-electron chi connectivity index (χ2n) is 5.43. The van der Waals surface area contributed by atoms with E-state index in [2.05, 4.69) is 44.0 Å². The number of nitrogens with zero attached hydrogens (tertiary/aromatic N) is 4. The van der Waals surface area contributed by atoms with Gasteiger partial charge in [0.2, 0.25) is 0 Å². The molecule has 0 amide bonds. The van der Waals surface area contributed by atoms with Crippen LogP contribution in [0.25, 0.3) is 11.0 Å². The van der Waals surface area contributed by atoms with E-state index in [0.717, 1.165) is 48.6 Å². The summed E-state index contributed by atoms with van der Waals surface area (Å²) in [7, 11) is 0. The lowest BCUT2D eigenvalue weighted by Crippen LogP contribution is -2.08. The van der Waals surface area contributed by atoms with Crippen molar-refractivity contribution >= 4 is 16.9 Å². The first-order chi connectivity index (χ1) is 10.8. The van der Waals surface area contributed by atoms with E-state index in [0.29, 0.717) is 0 Å². The summed E-state index contributed by atoms with van der Waals surface area (Å²) in [4.78, 5) is 13.2. The smallest absolute Gasteiger partial charge is 0.154 e. The van der Waals surface area contributed by atoms with Crippen LogP contribution in [0.5, 0.6) is 0 Å². The molecule has 0 aliphatic carbocycles. The molecule has 0 aliphatic heterocycles. The number of nitrogens with one attached hydrogen (secondary N) is 1. The maximum Gasteiger partial charge on any atom is 0.154 e. The van der Waals surface area contributed by atoms with Gasteiger partial charge in [-0.15, -0.1) is 0 Å². The highest BCUT2D eigenvalue weighted by atomic mass is 15.1. The van der Waals surface area contributed by atoms with Gasteiger partial charge in [0.15, 0.2) is 5.82 Å². The molecular weight excluding hydrogens is 274 g/mol. The molecule has 0 saturated carbocycles. The molecular formula is C17H21N5. The van der Waals surface area contributed by atoms with E-state index in [1.807, 2.05) is 31.5 Å². The molecule has 0 aliphatic rings. The summed E-state index contributed by atoms with van der Waals surface area (Å²) in [6, 6.07) is 6.12. The van der Waals surface area contributed by atoms with E-state index >= 15 is 0 Å². The van der Waals surface area contributed by atoms with Crippen molar-refractivity contribution in [3.63, 3.8) is 0 Å². The molecule has 5 heteroatoms. The number of unbranched alkanes of at least 4 members (excludes halogenated alkanes) is 1. The van der Waals surface area contributed by atoms with Crippen LogP contribution >= 0.6 is 0 Å². The van der Waals surface area contributed by atoms with E-state index < -0.39 is 0 Å². The lowest BCUT2D eigenvalue weighted by molar-refractivity contribution is 0.817. The molecule has 0 saturated heterocycles. The van der Waals surface area contributed by atoms with E-state index in [-0.39, 0.29) is 0 Å². The van der Waals surface area contributed by atoms with Crippen molar-refractivity contribution in [2.45, 2.75) is 33.2 Å². The van der Waals surface area contributed by atoms with Gasteiger partial charge in [-0.05, 0) is 37.1 Å². The van der Waals surface area contributed by atoms with Crippen molar-refractivity contribution in [3.8, 4) is 0 Å². The normalized spacial score (nSPS) is 11.0. The lowest BCUT2D eigenvalue weighted by atomic mass is 10.2. The van der Waals surface area contributed by atoms with Gasteiger partial charge in [-0.25, -0.2) is 9.97 Å². The zero-order chi connectivity index (χ0) is 15.4. The number of fused-ring (bicyclic) bond motifs is 1. The van der Waals surface area contributed by atoms with Crippen LogP contribution in [0.1, 0.15) is 31.2 Å². The fourth-order valence-electron chi connectivity index (χ4n) is 2.55. The Bertz CT molecular complexity index is 748. The molecule has 0 bridgehead atoms. The van der Waals surface area contributed by atoms with E-state index in [1.54, 1.807) is 0 Å². The third-order valence-electron chi connectivity index (χ3n) is 3.65. The summed E-state index contributed by atoms with van der Waals surface area (Å²) in [5.41, 5.74) is 3.27. The summed E-state index contributed by atoms with van der Waals surface area (Å²) < 4.78 is 2.19. The molecule has 3 rings (SSSR count). The molecule has 3 heterocycles. The molecule has 0 spiro atoms. The van der Waals surface area contributed by atoms with Crippen LogP contribution in [0.15, 0.2) is 36.8 Å². The Morgan fingerprint density at radius 3 is 2.73 bits per heavy atom. The summed E-state index contributed by atoms with van der Waals surface area (Å²) >= 11 is 0. The van der Waals surface area contributed by atoms with Gasteiger partial charge in [-0.2, -0.15) is 0 Å². The number of anilines is 1. The number of aromatic nitrogens is 4. The molecule has 3 aromatic heterocycles. The average Bonchev–Trinajstić information content (AvgIpc) is 2.91. The maximum atomic E-state index is 4.59.